The second kappa shape index (κ2) is 8.78. The van der Waals surface area contributed by atoms with Crippen molar-refractivity contribution in [1.29, 1.82) is 5.26 Å². The number of nitriles is 1. The van der Waals surface area contributed by atoms with Crippen molar-refractivity contribution in [2.45, 2.75) is 0 Å². The molecule has 0 spiro atoms. The van der Waals surface area contributed by atoms with Crippen LogP contribution in [-0.2, 0) is 4.79 Å². The van der Waals surface area contributed by atoms with Crippen LogP contribution in [0.15, 0.2) is 83.9 Å². The average Bonchev–Trinajstić information content (AvgIpc) is 3.44. The number of nitrogens with zero attached hydrogens (tertiary/aromatic N) is 3. The van der Waals surface area contributed by atoms with Crippen molar-refractivity contribution in [1.82, 2.24) is 9.78 Å². The zero-order chi connectivity index (χ0) is 20.9. The molecule has 2 heterocycles. The summed E-state index contributed by atoms with van der Waals surface area (Å²) in [6, 6.07) is 22.3. The van der Waals surface area contributed by atoms with Gasteiger partial charge in [-0.3, -0.25) is 4.79 Å². The van der Waals surface area contributed by atoms with E-state index in [0.717, 1.165) is 10.6 Å². The normalized spacial score (nSPS) is 11.1. The fourth-order valence-electron chi connectivity index (χ4n) is 2.85. The Hall–Kier alpha value is -3.66. The molecule has 146 valence electrons. The van der Waals surface area contributed by atoms with Crippen molar-refractivity contribution in [3.63, 3.8) is 0 Å². The Labute approximate surface area is 182 Å². The van der Waals surface area contributed by atoms with Crippen LogP contribution in [0.1, 0.15) is 5.56 Å². The van der Waals surface area contributed by atoms with Crippen molar-refractivity contribution in [3.05, 3.63) is 94.5 Å². The molecule has 0 fully saturated rings. The maximum atomic E-state index is 12.6. The summed E-state index contributed by atoms with van der Waals surface area (Å²) in [5.74, 6) is -0.496. The zero-order valence-electron chi connectivity index (χ0n) is 15.6. The van der Waals surface area contributed by atoms with Gasteiger partial charge in [-0.05, 0) is 53.9 Å². The van der Waals surface area contributed by atoms with Gasteiger partial charge in [-0.15, -0.1) is 11.3 Å². The Morgan fingerprint density at radius 2 is 1.87 bits per heavy atom. The van der Waals surface area contributed by atoms with Crippen molar-refractivity contribution in [2.24, 2.45) is 0 Å². The lowest BCUT2D eigenvalue weighted by molar-refractivity contribution is -0.112. The number of aromatic nitrogens is 2. The Bertz CT molecular complexity index is 1240. The Morgan fingerprint density at radius 3 is 2.53 bits per heavy atom. The molecule has 0 unspecified atom stereocenters. The summed E-state index contributed by atoms with van der Waals surface area (Å²) in [7, 11) is 0. The third-order valence-electron chi connectivity index (χ3n) is 4.28. The first-order valence-corrected chi connectivity index (χ1v) is 10.3. The number of carbonyl (C=O) groups excluding carboxylic acids is 1. The summed E-state index contributed by atoms with van der Waals surface area (Å²) in [5, 5.41) is 19.5. The molecule has 0 saturated heterocycles. The predicted molar refractivity (Wildman–Crippen MR) is 121 cm³/mol. The first-order chi connectivity index (χ1) is 14.6. The van der Waals surface area contributed by atoms with Crippen LogP contribution in [0.4, 0.5) is 5.69 Å². The minimum atomic E-state index is -0.496. The van der Waals surface area contributed by atoms with Gasteiger partial charge in [0, 0.05) is 22.5 Å². The number of halogens is 1. The van der Waals surface area contributed by atoms with Gasteiger partial charge in [-0.2, -0.15) is 10.4 Å². The summed E-state index contributed by atoms with van der Waals surface area (Å²) in [6.45, 7) is 0. The van der Waals surface area contributed by atoms with Crippen LogP contribution in [0.5, 0.6) is 0 Å². The lowest BCUT2D eigenvalue weighted by Crippen LogP contribution is -2.13. The van der Waals surface area contributed by atoms with E-state index in [0.29, 0.717) is 22.0 Å². The highest BCUT2D eigenvalue weighted by Gasteiger charge is 2.16. The van der Waals surface area contributed by atoms with E-state index in [1.807, 2.05) is 60.1 Å². The second-order valence-electron chi connectivity index (χ2n) is 6.32. The first kappa shape index (κ1) is 19.6. The molecule has 4 aromatic rings. The van der Waals surface area contributed by atoms with E-state index >= 15 is 0 Å². The molecule has 0 atom stereocenters. The summed E-state index contributed by atoms with van der Waals surface area (Å²) < 4.78 is 1.74. The van der Waals surface area contributed by atoms with Gasteiger partial charge < -0.3 is 5.32 Å². The monoisotopic (exact) mass is 430 g/mol. The highest BCUT2D eigenvalue weighted by atomic mass is 35.5. The molecule has 30 heavy (non-hydrogen) atoms. The Balaban J connectivity index is 1.71. The van der Waals surface area contributed by atoms with Crippen molar-refractivity contribution < 1.29 is 4.79 Å². The molecule has 0 saturated carbocycles. The second-order valence-corrected chi connectivity index (χ2v) is 7.71. The maximum absolute atomic E-state index is 12.6. The highest BCUT2D eigenvalue weighted by molar-refractivity contribution is 7.13. The molecular formula is C23H15ClN4OS. The topological polar surface area (TPSA) is 70.7 Å². The summed E-state index contributed by atoms with van der Waals surface area (Å²) in [4.78, 5) is 13.6. The van der Waals surface area contributed by atoms with E-state index in [2.05, 4.69) is 5.32 Å². The largest absolute Gasteiger partial charge is 0.321 e. The molecular weight excluding hydrogens is 416 g/mol. The zero-order valence-corrected chi connectivity index (χ0v) is 17.2. The molecule has 7 heteroatoms. The van der Waals surface area contributed by atoms with Gasteiger partial charge in [0.1, 0.15) is 17.3 Å². The number of anilines is 1. The minimum absolute atomic E-state index is 0.0182. The van der Waals surface area contributed by atoms with Crippen molar-refractivity contribution in [2.75, 3.05) is 5.32 Å². The fourth-order valence-corrected chi connectivity index (χ4v) is 3.70. The molecule has 1 amide bonds. The van der Waals surface area contributed by atoms with Gasteiger partial charge >= 0.3 is 0 Å². The number of hydrogen-bond acceptors (Lipinski definition) is 4. The smallest absolute Gasteiger partial charge is 0.266 e. The van der Waals surface area contributed by atoms with Crippen LogP contribution in [0, 0.1) is 11.3 Å². The molecule has 1 N–H and O–H groups in total. The number of nitrogens with one attached hydrogen (secondary N) is 1. The van der Waals surface area contributed by atoms with Crippen molar-refractivity contribution in [3.8, 4) is 22.3 Å². The Morgan fingerprint density at radius 1 is 1.10 bits per heavy atom. The minimum Gasteiger partial charge on any atom is -0.321 e. The van der Waals surface area contributed by atoms with E-state index < -0.39 is 5.91 Å². The van der Waals surface area contributed by atoms with E-state index in [1.165, 1.54) is 0 Å². The van der Waals surface area contributed by atoms with Crippen LogP contribution >= 0.6 is 22.9 Å². The highest BCUT2D eigenvalue weighted by Crippen LogP contribution is 2.29. The molecule has 2 aromatic carbocycles. The van der Waals surface area contributed by atoms with Gasteiger partial charge in [0.2, 0.25) is 0 Å². The number of thiophene rings is 1. The molecule has 0 aliphatic carbocycles. The van der Waals surface area contributed by atoms with Gasteiger partial charge in [-0.25, -0.2) is 4.68 Å². The summed E-state index contributed by atoms with van der Waals surface area (Å²) in [5.41, 5.74) is 2.82. The molecule has 0 aliphatic heterocycles. The SMILES string of the molecule is N#C/C(=C\c1cn(-c2ccccc2)nc1-c1cccs1)C(=O)Nc1ccc(Cl)cc1. The van der Waals surface area contributed by atoms with Crippen LogP contribution in [0.2, 0.25) is 5.02 Å². The van der Waals surface area contributed by atoms with E-state index in [9.17, 15) is 10.1 Å². The van der Waals surface area contributed by atoms with E-state index in [-0.39, 0.29) is 5.57 Å². The van der Waals surface area contributed by atoms with Crippen LogP contribution in [-0.4, -0.2) is 15.7 Å². The van der Waals surface area contributed by atoms with Gasteiger partial charge in [0.15, 0.2) is 0 Å². The van der Waals surface area contributed by atoms with Crippen LogP contribution < -0.4 is 5.32 Å². The quantitative estimate of drug-likeness (QED) is 0.321. The summed E-state index contributed by atoms with van der Waals surface area (Å²) >= 11 is 7.42. The lowest BCUT2D eigenvalue weighted by Gasteiger charge is -2.04. The molecule has 4 rings (SSSR count). The summed E-state index contributed by atoms with van der Waals surface area (Å²) in [6.07, 6.45) is 3.38. The predicted octanol–water partition coefficient (Wildman–Crippen LogP) is 5.80. The van der Waals surface area contributed by atoms with Gasteiger partial charge in [-0.1, -0.05) is 35.9 Å². The van der Waals surface area contributed by atoms with Crippen molar-refractivity contribution >= 4 is 40.6 Å². The third-order valence-corrected chi connectivity index (χ3v) is 5.41. The molecule has 2 aromatic heterocycles. The van der Waals surface area contributed by atoms with Gasteiger partial charge in [0.25, 0.3) is 5.91 Å². The third kappa shape index (κ3) is 4.33. The first-order valence-electron chi connectivity index (χ1n) is 9.02. The molecule has 0 radical (unpaired) electrons. The number of amides is 1. The van der Waals surface area contributed by atoms with Crippen LogP contribution in [0.25, 0.3) is 22.3 Å². The van der Waals surface area contributed by atoms with E-state index in [4.69, 9.17) is 16.7 Å². The number of hydrogen-bond donors (Lipinski definition) is 1. The maximum Gasteiger partial charge on any atom is 0.266 e. The molecule has 5 nitrogen and oxygen atoms in total. The number of para-hydroxylation sites is 1. The standard InChI is InChI=1S/C23H15ClN4OS/c24-18-8-10-19(11-9-18)26-23(29)16(14-25)13-17-15-28(20-5-2-1-3-6-20)27-22(17)21-7-4-12-30-21/h1-13,15H,(H,26,29)/b16-13+. The number of carbonyl (C=O) groups is 1. The lowest BCUT2D eigenvalue weighted by atomic mass is 10.1. The molecule has 0 aliphatic rings. The Kier molecular flexibility index (Phi) is 5.75. The number of benzene rings is 2. The van der Waals surface area contributed by atoms with E-state index in [1.54, 1.807) is 46.4 Å². The fraction of sp³-hybridized carbons (Fsp3) is 0. The van der Waals surface area contributed by atoms with Gasteiger partial charge in [0.05, 0.1) is 10.6 Å². The van der Waals surface area contributed by atoms with Crippen LogP contribution in [0.3, 0.4) is 0 Å². The average molecular weight is 431 g/mol. The molecule has 0 bridgehead atoms. The number of rotatable bonds is 5.